The topological polar surface area (TPSA) is 134 Å². The Balaban J connectivity index is 2.28. The van der Waals surface area contributed by atoms with Gasteiger partial charge in [-0.15, -0.1) is 0 Å². The first-order valence-electron chi connectivity index (χ1n) is 11.6. The van der Waals surface area contributed by atoms with Gasteiger partial charge in [-0.05, 0) is 31.7 Å². The number of nitrogen functional groups attached to an aromatic ring is 1. The predicted octanol–water partition coefficient (Wildman–Crippen LogP) is 0.899. The van der Waals surface area contributed by atoms with Gasteiger partial charge < -0.3 is 16.0 Å². The van der Waals surface area contributed by atoms with Gasteiger partial charge in [0.25, 0.3) is 5.56 Å². The van der Waals surface area contributed by atoms with Crippen LogP contribution in [-0.2, 0) is 16.1 Å². The van der Waals surface area contributed by atoms with Crippen molar-refractivity contribution >= 4 is 23.3 Å². The van der Waals surface area contributed by atoms with Crippen molar-refractivity contribution < 1.29 is 9.59 Å². The van der Waals surface area contributed by atoms with Gasteiger partial charge in [0.1, 0.15) is 5.82 Å². The molecule has 1 unspecified atom stereocenters. The van der Waals surface area contributed by atoms with Crippen molar-refractivity contribution in [3.8, 4) is 0 Å². The van der Waals surface area contributed by atoms with Crippen molar-refractivity contribution in [2.24, 2.45) is 5.92 Å². The summed E-state index contributed by atoms with van der Waals surface area (Å²) in [4.78, 5) is 55.8. The van der Waals surface area contributed by atoms with Crippen molar-refractivity contribution in [3.63, 3.8) is 0 Å². The van der Waals surface area contributed by atoms with Crippen LogP contribution in [0.15, 0.2) is 9.59 Å². The van der Waals surface area contributed by atoms with Crippen LogP contribution in [0.2, 0.25) is 0 Å². The normalized spacial score (nSPS) is 16.8. The van der Waals surface area contributed by atoms with Gasteiger partial charge in [0, 0.05) is 32.1 Å². The summed E-state index contributed by atoms with van der Waals surface area (Å²) >= 11 is 0. The number of anilines is 2. The maximum atomic E-state index is 13.3. The Morgan fingerprint density at radius 3 is 2.62 bits per heavy atom. The minimum atomic E-state index is -0.649. The smallest absolute Gasteiger partial charge is 0.330 e. The first-order valence-corrected chi connectivity index (χ1v) is 11.6. The number of nitrogens with zero attached hydrogens (tertiary/aromatic N) is 3. The molecular formula is C22H38N6O4. The molecule has 10 heteroatoms. The van der Waals surface area contributed by atoms with Crippen molar-refractivity contribution in [2.45, 2.75) is 72.4 Å². The van der Waals surface area contributed by atoms with Crippen LogP contribution in [0, 0.1) is 5.92 Å². The molecule has 2 rings (SSSR count). The highest BCUT2D eigenvalue weighted by Gasteiger charge is 2.28. The lowest BCUT2D eigenvalue weighted by Gasteiger charge is -2.34. The maximum Gasteiger partial charge on any atom is 0.330 e. The minimum absolute atomic E-state index is 0.000495. The lowest BCUT2D eigenvalue weighted by molar-refractivity contribution is -0.122. The van der Waals surface area contributed by atoms with E-state index >= 15 is 0 Å². The molecule has 0 aromatic carbocycles. The summed E-state index contributed by atoms with van der Waals surface area (Å²) in [5.74, 6) is -0.0897. The van der Waals surface area contributed by atoms with Crippen molar-refractivity contribution in [2.75, 3.05) is 36.8 Å². The summed E-state index contributed by atoms with van der Waals surface area (Å²) in [6.07, 6.45) is 3.71. The second-order valence-corrected chi connectivity index (χ2v) is 8.89. The summed E-state index contributed by atoms with van der Waals surface area (Å²) in [7, 11) is 0. The number of piperidine rings is 1. The molecule has 0 radical (unpaired) electrons. The molecule has 1 fully saturated rings. The number of aromatic amines is 1. The number of carbonyl (C=O) groups is 2. The molecule has 10 nitrogen and oxygen atoms in total. The quantitative estimate of drug-likeness (QED) is 0.485. The molecule has 1 aliphatic rings. The first kappa shape index (κ1) is 25.6. The summed E-state index contributed by atoms with van der Waals surface area (Å²) in [6, 6.07) is 0.00881. The van der Waals surface area contributed by atoms with Gasteiger partial charge in [-0.2, -0.15) is 0 Å². The summed E-state index contributed by atoms with van der Waals surface area (Å²) in [6.45, 7) is 9.82. The van der Waals surface area contributed by atoms with E-state index in [9.17, 15) is 19.2 Å². The number of H-pyrrole nitrogens is 1. The lowest BCUT2D eigenvalue weighted by atomic mass is 10.1. The Bertz CT molecular complexity index is 907. The van der Waals surface area contributed by atoms with Gasteiger partial charge in [0.05, 0.1) is 6.54 Å². The highest BCUT2D eigenvalue weighted by Crippen LogP contribution is 2.20. The fourth-order valence-electron chi connectivity index (χ4n) is 3.99. The van der Waals surface area contributed by atoms with E-state index in [0.717, 1.165) is 25.8 Å². The van der Waals surface area contributed by atoms with Crippen LogP contribution in [0.25, 0.3) is 0 Å². The second-order valence-electron chi connectivity index (χ2n) is 8.89. The Hall–Kier alpha value is -2.62. The minimum Gasteiger partial charge on any atom is -0.383 e. The zero-order valence-electron chi connectivity index (χ0n) is 19.8. The molecule has 4 N–H and O–H groups in total. The number of nitrogens with two attached hydrogens (primary N) is 1. The van der Waals surface area contributed by atoms with E-state index in [0.29, 0.717) is 32.5 Å². The van der Waals surface area contributed by atoms with E-state index in [-0.39, 0.29) is 41.8 Å². The Morgan fingerprint density at radius 2 is 2.00 bits per heavy atom. The van der Waals surface area contributed by atoms with E-state index in [1.54, 1.807) is 0 Å². The van der Waals surface area contributed by atoms with E-state index in [2.05, 4.69) is 10.3 Å². The van der Waals surface area contributed by atoms with E-state index in [4.69, 9.17) is 5.73 Å². The predicted molar refractivity (Wildman–Crippen MR) is 126 cm³/mol. The number of likely N-dealkylation sites (tertiary alicyclic amines) is 1. The van der Waals surface area contributed by atoms with Gasteiger partial charge in [-0.3, -0.25) is 28.8 Å². The highest BCUT2D eigenvalue weighted by molar-refractivity contribution is 5.96. The number of amides is 2. The lowest BCUT2D eigenvalue weighted by Crippen LogP contribution is -2.51. The number of nitrogens with one attached hydrogen (secondary N) is 2. The number of hydrogen-bond acceptors (Lipinski definition) is 6. The van der Waals surface area contributed by atoms with E-state index in [1.165, 1.54) is 9.47 Å². The molecule has 0 bridgehead atoms. The molecule has 1 aromatic heterocycles. The fraction of sp³-hybridized carbons (Fsp3) is 0.727. The Labute approximate surface area is 189 Å². The Morgan fingerprint density at radius 1 is 1.28 bits per heavy atom. The molecule has 180 valence electrons. The van der Waals surface area contributed by atoms with Gasteiger partial charge in [0.15, 0.2) is 5.69 Å². The summed E-state index contributed by atoms with van der Waals surface area (Å²) < 4.78 is 1.32. The van der Waals surface area contributed by atoms with Gasteiger partial charge in [-0.1, -0.05) is 34.1 Å². The summed E-state index contributed by atoms with van der Waals surface area (Å²) in [5, 5.41) is 3.00. The van der Waals surface area contributed by atoms with Gasteiger partial charge in [0.2, 0.25) is 11.8 Å². The van der Waals surface area contributed by atoms with Crippen LogP contribution in [0.3, 0.4) is 0 Å². The van der Waals surface area contributed by atoms with Crippen molar-refractivity contribution in [1.82, 2.24) is 19.8 Å². The molecule has 1 aliphatic heterocycles. The number of hydrogen-bond donors (Lipinski definition) is 3. The number of aromatic nitrogens is 2. The third-order valence-corrected chi connectivity index (χ3v) is 5.62. The van der Waals surface area contributed by atoms with Crippen molar-refractivity contribution in [3.05, 3.63) is 20.8 Å². The molecule has 1 saturated heterocycles. The van der Waals surface area contributed by atoms with Crippen LogP contribution >= 0.6 is 0 Å². The largest absolute Gasteiger partial charge is 0.383 e. The monoisotopic (exact) mass is 450 g/mol. The van der Waals surface area contributed by atoms with E-state index < -0.39 is 11.2 Å². The SMILES string of the molecule is CCCCN(C(=O)CN1CCCC(NC(=O)CC)C1)c1c(N)n(CC(C)C)c(=O)[nH]c1=O. The molecule has 1 aromatic rings. The summed E-state index contributed by atoms with van der Waals surface area (Å²) in [5.41, 5.74) is 5.08. The molecule has 2 heterocycles. The molecule has 0 saturated carbocycles. The molecule has 1 atom stereocenters. The zero-order valence-corrected chi connectivity index (χ0v) is 19.8. The average molecular weight is 451 g/mol. The standard InChI is InChI=1S/C22H38N6O4/c1-5-7-11-27(19-20(23)28(12-15(3)4)22(32)25-21(19)31)18(30)14-26-10-8-9-16(13-26)24-17(29)6-2/h15-16H,5-14,23H2,1-4H3,(H,24,29)(H,25,31,32). The number of carbonyl (C=O) groups excluding carboxylic acids is 2. The molecular weight excluding hydrogens is 412 g/mol. The van der Waals surface area contributed by atoms with Gasteiger partial charge in [-0.25, -0.2) is 4.79 Å². The second kappa shape index (κ2) is 11.8. The molecule has 0 aliphatic carbocycles. The first-order chi connectivity index (χ1) is 15.2. The Kier molecular flexibility index (Phi) is 9.49. The third-order valence-electron chi connectivity index (χ3n) is 5.62. The highest BCUT2D eigenvalue weighted by atomic mass is 16.2. The maximum absolute atomic E-state index is 13.3. The fourth-order valence-corrected chi connectivity index (χ4v) is 3.99. The number of unbranched alkanes of at least 4 members (excludes halogenated alkanes) is 1. The van der Waals surface area contributed by atoms with Crippen LogP contribution in [-0.4, -0.2) is 58.5 Å². The van der Waals surface area contributed by atoms with Gasteiger partial charge >= 0.3 is 5.69 Å². The van der Waals surface area contributed by atoms with Crippen LogP contribution in [0.1, 0.15) is 59.8 Å². The molecule has 0 spiro atoms. The number of rotatable bonds is 10. The van der Waals surface area contributed by atoms with Crippen LogP contribution < -0.4 is 27.2 Å². The van der Waals surface area contributed by atoms with Crippen LogP contribution in [0.4, 0.5) is 11.5 Å². The van der Waals surface area contributed by atoms with E-state index in [1.807, 2.05) is 32.6 Å². The average Bonchev–Trinajstić information content (AvgIpc) is 2.73. The third kappa shape index (κ3) is 6.69. The molecule has 2 amide bonds. The zero-order chi connectivity index (χ0) is 23.8. The van der Waals surface area contributed by atoms with Crippen LogP contribution in [0.5, 0.6) is 0 Å². The molecule has 32 heavy (non-hydrogen) atoms. The van der Waals surface area contributed by atoms with Crippen molar-refractivity contribution in [1.29, 1.82) is 0 Å².